The number of hydrogen-bond donors (Lipinski definition) is 2. The van der Waals surface area contributed by atoms with E-state index in [-0.39, 0.29) is 0 Å². The van der Waals surface area contributed by atoms with Crippen molar-refractivity contribution in [2.24, 2.45) is 0 Å². The number of thiophene rings is 1. The number of H-pyrrole nitrogens is 1. The summed E-state index contributed by atoms with van der Waals surface area (Å²) in [5.41, 5.74) is 6.81. The van der Waals surface area contributed by atoms with Crippen LogP contribution in [0.4, 0.5) is 5.82 Å². The third-order valence-electron chi connectivity index (χ3n) is 1.88. The molecule has 0 radical (unpaired) electrons. The largest absolute Gasteiger partial charge is 0.384 e. The fourth-order valence-corrected chi connectivity index (χ4v) is 2.41. The lowest BCUT2D eigenvalue weighted by atomic mass is 10.2. The van der Waals surface area contributed by atoms with Gasteiger partial charge in [-0.1, -0.05) is 11.6 Å². The average Bonchev–Trinajstić information content (AvgIpc) is 2.71. The maximum Gasteiger partial charge on any atom is 0.119 e. The van der Waals surface area contributed by atoms with E-state index < -0.39 is 0 Å². The first kappa shape index (κ1) is 9.13. The Bertz CT molecular complexity index is 506. The zero-order valence-corrected chi connectivity index (χ0v) is 8.62. The molecule has 0 aliphatic carbocycles. The highest BCUT2D eigenvalue weighted by Gasteiger charge is 2.13. The van der Waals surface area contributed by atoms with Crippen molar-refractivity contribution in [3.8, 4) is 16.5 Å². The topological polar surface area (TPSA) is 65.6 Å². The van der Waals surface area contributed by atoms with Gasteiger partial charge in [-0.15, -0.1) is 11.3 Å². The van der Waals surface area contributed by atoms with Gasteiger partial charge in [0.05, 0.1) is 9.90 Å². The number of nitrogens with two attached hydrogens (primary N) is 1. The van der Waals surface area contributed by atoms with Gasteiger partial charge in [-0.25, -0.2) is 0 Å². The van der Waals surface area contributed by atoms with Crippen LogP contribution in [0, 0.1) is 11.3 Å². The summed E-state index contributed by atoms with van der Waals surface area (Å²) >= 11 is 7.45. The predicted octanol–water partition coefficient (Wildman–Crippen LogP) is 2.85. The number of rotatable bonds is 1. The van der Waals surface area contributed by atoms with E-state index in [1.165, 1.54) is 11.3 Å². The molecule has 0 bridgehead atoms. The standard InChI is InChI=1S/C9H6ClN3S/c10-7-1-2-14-8(7)6-4-13-9(12)5(6)3-11/h1-2,4,13H,12H2. The molecule has 0 aliphatic heterocycles. The fraction of sp³-hybridized carbons (Fsp3) is 0. The van der Waals surface area contributed by atoms with Crippen LogP contribution in [0.3, 0.4) is 0 Å². The van der Waals surface area contributed by atoms with E-state index in [0.717, 1.165) is 10.4 Å². The summed E-state index contributed by atoms with van der Waals surface area (Å²) in [5, 5.41) is 11.4. The van der Waals surface area contributed by atoms with Gasteiger partial charge in [0, 0.05) is 11.8 Å². The Hall–Kier alpha value is -1.44. The van der Waals surface area contributed by atoms with Crippen molar-refractivity contribution in [2.45, 2.75) is 0 Å². The first-order chi connectivity index (χ1) is 6.74. The second-order valence-electron chi connectivity index (χ2n) is 2.70. The minimum absolute atomic E-state index is 0.381. The van der Waals surface area contributed by atoms with E-state index >= 15 is 0 Å². The third kappa shape index (κ3) is 1.27. The summed E-state index contributed by atoms with van der Waals surface area (Å²) in [5.74, 6) is 0.381. The number of nitriles is 1. The van der Waals surface area contributed by atoms with Crippen LogP contribution >= 0.6 is 22.9 Å². The van der Waals surface area contributed by atoms with E-state index in [0.29, 0.717) is 16.4 Å². The molecule has 0 spiro atoms. The van der Waals surface area contributed by atoms with Gasteiger partial charge >= 0.3 is 0 Å². The van der Waals surface area contributed by atoms with Crippen LogP contribution in [0.5, 0.6) is 0 Å². The van der Waals surface area contributed by atoms with Crippen molar-refractivity contribution < 1.29 is 0 Å². The smallest absolute Gasteiger partial charge is 0.119 e. The molecule has 2 rings (SSSR count). The lowest BCUT2D eigenvalue weighted by Crippen LogP contribution is -1.87. The van der Waals surface area contributed by atoms with Crippen molar-refractivity contribution >= 4 is 28.8 Å². The molecule has 0 amide bonds. The Balaban J connectivity index is 2.64. The van der Waals surface area contributed by atoms with E-state index in [4.69, 9.17) is 22.6 Å². The summed E-state index contributed by atoms with van der Waals surface area (Å²) in [7, 11) is 0. The number of nitrogens with one attached hydrogen (secondary N) is 1. The molecule has 0 unspecified atom stereocenters. The van der Waals surface area contributed by atoms with Gasteiger partial charge in [-0.05, 0) is 11.4 Å². The predicted molar refractivity (Wildman–Crippen MR) is 58.2 cm³/mol. The zero-order valence-electron chi connectivity index (χ0n) is 7.04. The fourth-order valence-electron chi connectivity index (χ4n) is 1.22. The van der Waals surface area contributed by atoms with Gasteiger partial charge in [0.2, 0.25) is 0 Å². The van der Waals surface area contributed by atoms with Crippen molar-refractivity contribution in [3.63, 3.8) is 0 Å². The van der Waals surface area contributed by atoms with Crippen LogP contribution in [-0.2, 0) is 0 Å². The molecule has 0 fully saturated rings. The van der Waals surface area contributed by atoms with Gasteiger partial charge in [-0.2, -0.15) is 5.26 Å². The molecule has 2 aromatic rings. The van der Waals surface area contributed by atoms with E-state index in [1.807, 2.05) is 5.38 Å². The molecule has 70 valence electrons. The first-order valence-corrected chi connectivity index (χ1v) is 5.10. The molecular formula is C9H6ClN3S. The van der Waals surface area contributed by atoms with Crippen molar-refractivity contribution in [1.82, 2.24) is 4.98 Å². The molecule has 3 nitrogen and oxygen atoms in total. The number of anilines is 1. The lowest BCUT2D eigenvalue weighted by molar-refractivity contribution is 1.41. The second kappa shape index (κ2) is 3.37. The Morgan fingerprint density at radius 1 is 1.57 bits per heavy atom. The molecule has 0 saturated carbocycles. The van der Waals surface area contributed by atoms with Crippen LogP contribution in [0.1, 0.15) is 5.56 Å². The Morgan fingerprint density at radius 2 is 2.36 bits per heavy atom. The quantitative estimate of drug-likeness (QED) is 0.781. The number of aromatic nitrogens is 1. The number of halogens is 1. The van der Waals surface area contributed by atoms with Crippen molar-refractivity contribution in [3.05, 3.63) is 28.2 Å². The minimum Gasteiger partial charge on any atom is -0.384 e. The van der Waals surface area contributed by atoms with E-state index in [2.05, 4.69) is 11.1 Å². The van der Waals surface area contributed by atoms with E-state index in [1.54, 1.807) is 12.3 Å². The summed E-state index contributed by atoms with van der Waals surface area (Å²) in [6.07, 6.45) is 1.70. The Kier molecular flexibility index (Phi) is 2.20. The molecule has 0 saturated heterocycles. The maximum absolute atomic E-state index is 8.89. The number of aromatic amines is 1. The van der Waals surface area contributed by atoms with Gasteiger partial charge < -0.3 is 10.7 Å². The molecule has 14 heavy (non-hydrogen) atoms. The van der Waals surface area contributed by atoms with Crippen LogP contribution in [0.25, 0.3) is 10.4 Å². The number of hydrogen-bond acceptors (Lipinski definition) is 3. The second-order valence-corrected chi connectivity index (χ2v) is 4.02. The first-order valence-electron chi connectivity index (χ1n) is 3.84. The summed E-state index contributed by atoms with van der Waals surface area (Å²) < 4.78 is 0. The molecule has 0 aromatic carbocycles. The third-order valence-corrected chi connectivity index (χ3v) is 3.26. The molecule has 0 atom stereocenters. The minimum atomic E-state index is 0.381. The monoisotopic (exact) mass is 223 g/mol. The van der Waals surface area contributed by atoms with Gasteiger partial charge in [0.25, 0.3) is 0 Å². The number of nitrogens with zero attached hydrogens (tertiary/aromatic N) is 1. The molecule has 3 N–H and O–H groups in total. The van der Waals surface area contributed by atoms with Crippen LogP contribution in [-0.4, -0.2) is 4.98 Å². The van der Waals surface area contributed by atoms with Crippen LogP contribution in [0.15, 0.2) is 17.6 Å². The highest BCUT2D eigenvalue weighted by atomic mass is 35.5. The summed E-state index contributed by atoms with van der Waals surface area (Å²) in [6, 6.07) is 3.85. The Morgan fingerprint density at radius 3 is 2.93 bits per heavy atom. The van der Waals surface area contributed by atoms with Crippen molar-refractivity contribution in [1.29, 1.82) is 5.26 Å². The van der Waals surface area contributed by atoms with Gasteiger partial charge in [-0.3, -0.25) is 0 Å². The molecule has 5 heteroatoms. The average molecular weight is 224 g/mol. The van der Waals surface area contributed by atoms with Crippen LogP contribution < -0.4 is 5.73 Å². The molecule has 2 aromatic heterocycles. The summed E-state index contributed by atoms with van der Waals surface area (Å²) in [4.78, 5) is 3.68. The summed E-state index contributed by atoms with van der Waals surface area (Å²) in [6.45, 7) is 0. The molecular weight excluding hydrogens is 218 g/mol. The zero-order chi connectivity index (χ0) is 10.1. The van der Waals surface area contributed by atoms with Gasteiger partial charge in [0.15, 0.2) is 0 Å². The molecule has 0 aliphatic rings. The highest BCUT2D eigenvalue weighted by Crippen LogP contribution is 2.36. The SMILES string of the molecule is N#Cc1c(-c2sccc2Cl)c[nH]c1N. The number of nitrogen functional groups attached to an aromatic ring is 1. The normalized spacial score (nSPS) is 10.0. The highest BCUT2D eigenvalue weighted by molar-refractivity contribution is 7.14. The molecule has 2 heterocycles. The Labute approximate surface area is 89.7 Å². The lowest BCUT2D eigenvalue weighted by Gasteiger charge is -1.94. The van der Waals surface area contributed by atoms with Crippen molar-refractivity contribution in [2.75, 3.05) is 5.73 Å². The van der Waals surface area contributed by atoms with E-state index in [9.17, 15) is 0 Å². The van der Waals surface area contributed by atoms with Gasteiger partial charge in [0.1, 0.15) is 17.5 Å². The van der Waals surface area contributed by atoms with Crippen LogP contribution in [0.2, 0.25) is 5.02 Å². The maximum atomic E-state index is 8.89.